The fourth-order valence-electron chi connectivity index (χ4n) is 0. The minimum atomic E-state index is -1.83. The van der Waals surface area contributed by atoms with Crippen LogP contribution in [0.1, 0.15) is 0 Å². The topological polar surface area (TPSA) is 57.5 Å². The van der Waals surface area contributed by atoms with Crippen LogP contribution in [0.5, 0.6) is 0 Å². The molecule has 6 heavy (non-hydrogen) atoms. The Morgan fingerprint density at radius 2 is 1.33 bits per heavy atom. The Bertz CT molecular complexity index is 33.8. The van der Waals surface area contributed by atoms with Gasteiger partial charge in [0.2, 0.25) is 0 Å². The van der Waals surface area contributed by atoms with E-state index in [1.165, 1.54) is 0 Å². The van der Waals surface area contributed by atoms with Gasteiger partial charge in [-0.05, 0) is 0 Å². The molecule has 0 aliphatic carbocycles. The molecule has 0 aromatic heterocycles. The Labute approximate surface area is 58.2 Å². The van der Waals surface area contributed by atoms with Crippen molar-refractivity contribution < 1.29 is 34.5 Å². The van der Waals surface area contributed by atoms with Gasteiger partial charge < -0.3 is 10.2 Å². The van der Waals surface area contributed by atoms with Crippen LogP contribution in [0.4, 0.5) is 4.79 Å². The Kier molecular flexibility index (Phi) is 24.3. The molecule has 0 heterocycles. The van der Waals surface area contributed by atoms with Gasteiger partial charge in [-0.15, -0.1) is 0 Å². The van der Waals surface area contributed by atoms with E-state index in [9.17, 15) is 0 Å². The monoisotopic (exact) mass is 153 g/mol. The van der Waals surface area contributed by atoms with E-state index >= 15 is 0 Å². The molecule has 5 heteroatoms. The van der Waals surface area contributed by atoms with Gasteiger partial charge in [-0.25, -0.2) is 4.79 Å². The summed E-state index contributed by atoms with van der Waals surface area (Å²) in [5, 5.41) is 13.9. The first-order valence-corrected chi connectivity index (χ1v) is 0.651. The van der Waals surface area contributed by atoms with Crippen LogP contribution in [0, 0.1) is 0 Å². The molecule has 0 aromatic carbocycles. The van der Waals surface area contributed by atoms with E-state index in [1.807, 2.05) is 0 Å². The quantitative estimate of drug-likeness (QED) is 0.477. The van der Waals surface area contributed by atoms with Crippen molar-refractivity contribution in [1.29, 1.82) is 0 Å². The van der Waals surface area contributed by atoms with Gasteiger partial charge in [0.05, 0.1) is 0 Å². The van der Waals surface area contributed by atoms with Crippen molar-refractivity contribution in [2.24, 2.45) is 0 Å². The van der Waals surface area contributed by atoms with Crippen LogP contribution >= 0.6 is 0 Å². The maximum absolute atomic E-state index is 8.56. The van der Waals surface area contributed by atoms with Crippen molar-refractivity contribution in [2.75, 3.05) is 0 Å². The van der Waals surface area contributed by atoms with Crippen LogP contribution in [-0.4, -0.2) is 33.7 Å². The minimum Gasteiger partial charge on any atom is -0.450 e. The maximum Gasteiger partial charge on any atom is 3.00 e. The second-order valence-corrected chi connectivity index (χ2v) is 0.283. The molecule has 0 atom stereocenters. The number of carbonyl (C=O) groups is 1. The number of hydrogen-bond donors (Lipinski definition) is 2. The van der Waals surface area contributed by atoms with E-state index in [0.717, 1.165) is 0 Å². The summed E-state index contributed by atoms with van der Waals surface area (Å²) in [5.41, 5.74) is 0. The van der Waals surface area contributed by atoms with Gasteiger partial charge in [0.1, 0.15) is 0 Å². The van der Waals surface area contributed by atoms with E-state index in [4.69, 9.17) is 15.0 Å². The zero-order chi connectivity index (χ0) is 3.58. The first-order chi connectivity index (χ1) is 1.73. The second-order valence-electron chi connectivity index (χ2n) is 0.283. The SMILES string of the molecule is O=C(O)O.[Al+3].[Zn+2]. The van der Waals surface area contributed by atoms with Gasteiger partial charge in [-0.2, -0.15) is 0 Å². The maximum atomic E-state index is 8.56. The van der Waals surface area contributed by atoms with Crippen LogP contribution in [-0.2, 0) is 19.5 Å². The van der Waals surface area contributed by atoms with Crippen LogP contribution in [0.25, 0.3) is 0 Å². The Morgan fingerprint density at radius 1 is 1.33 bits per heavy atom. The second kappa shape index (κ2) is 9.06. The molecule has 0 rings (SSSR count). The van der Waals surface area contributed by atoms with Crippen molar-refractivity contribution in [2.45, 2.75) is 0 Å². The van der Waals surface area contributed by atoms with Crippen molar-refractivity contribution in [3.63, 3.8) is 0 Å². The van der Waals surface area contributed by atoms with Crippen LogP contribution < -0.4 is 0 Å². The summed E-state index contributed by atoms with van der Waals surface area (Å²) < 4.78 is 0. The third-order valence-electron chi connectivity index (χ3n) is 0. The first-order valence-electron chi connectivity index (χ1n) is 0.651. The summed E-state index contributed by atoms with van der Waals surface area (Å²) in [6.45, 7) is 0. The molecule has 0 aliphatic rings. The molecule has 0 amide bonds. The molecule has 0 bridgehead atoms. The molecule has 0 fully saturated rings. The van der Waals surface area contributed by atoms with E-state index in [2.05, 4.69) is 0 Å². The summed E-state index contributed by atoms with van der Waals surface area (Å²) >= 11 is 0. The van der Waals surface area contributed by atoms with Crippen LogP contribution in [0.3, 0.4) is 0 Å². The first kappa shape index (κ1) is 16.1. The smallest absolute Gasteiger partial charge is 0.450 e. The van der Waals surface area contributed by atoms with Crippen molar-refractivity contribution >= 4 is 23.5 Å². The third-order valence-corrected chi connectivity index (χ3v) is 0. The molecule has 0 saturated heterocycles. The molecule has 24 valence electrons. The number of hydrogen-bond acceptors (Lipinski definition) is 1. The summed E-state index contributed by atoms with van der Waals surface area (Å²) in [5.74, 6) is 0. The van der Waals surface area contributed by atoms with Gasteiger partial charge >= 0.3 is 43.0 Å². The molecule has 2 N–H and O–H groups in total. The molecular formula is CH2AlO3Zn+5. The molecule has 0 aliphatic heterocycles. The molecule has 0 radical (unpaired) electrons. The molecule has 3 nitrogen and oxygen atoms in total. The summed E-state index contributed by atoms with van der Waals surface area (Å²) in [4.78, 5) is 8.56. The van der Waals surface area contributed by atoms with E-state index in [0.29, 0.717) is 0 Å². The molecule has 0 saturated carbocycles. The zero-order valence-electron chi connectivity index (χ0n) is 3.09. The zero-order valence-corrected chi connectivity index (χ0v) is 7.21. The molecule has 0 spiro atoms. The van der Waals surface area contributed by atoms with Crippen LogP contribution in [0.2, 0.25) is 0 Å². The Hall–Kier alpha value is 0.426. The van der Waals surface area contributed by atoms with Crippen LogP contribution in [0.15, 0.2) is 0 Å². The van der Waals surface area contributed by atoms with E-state index in [-0.39, 0.29) is 36.8 Å². The standard InChI is InChI=1S/CH2O3.Al.Zn/c2-1(3)4;;/h(H2,2,3,4);;/q;+3;+2. The predicted molar refractivity (Wildman–Crippen MR) is 16.4 cm³/mol. The average Bonchev–Trinajstić information content (AvgIpc) is 0.811. The average molecular weight is 154 g/mol. The van der Waals surface area contributed by atoms with Crippen molar-refractivity contribution in [3.8, 4) is 0 Å². The summed E-state index contributed by atoms with van der Waals surface area (Å²) in [6.07, 6.45) is -1.83. The van der Waals surface area contributed by atoms with Gasteiger partial charge in [0.15, 0.2) is 0 Å². The summed E-state index contributed by atoms with van der Waals surface area (Å²) in [7, 11) is 0. The third kappa shape index (κ3) is 286. The van der Waals surface area contributed by atoms with Gasteiger partial charge in [0.25, 0.3) is 0 Å². The Balaban J connectivity index is -0.0000000450. The van der Waals surface area contributed by atoms with E-state index < -0.39 is 6.16 Å². The number of carboxylic acid groups (broad SMARTS) is 2. The van der Waals surface area contributed by atoms with Gasteiger partial charge in [-0.1, -0.05) is 0 Å². The van der Waals surface area contributed by atoms with Crippen molar-refractivity contribution in [1.82, 2.24) is 0 Å². The van der Waals surface area contributed by atoms with E-state index in [1.54, 1.807) is 0 Å². The molecule has 0 aromatic rings. The Morgan fingerprint density at radius 3 is 1.33 bits per heavy atom. The number of rotatable bonds is 0. The molecule has 0 unspecified atom stereocenters. The normalized spacial score (nSPS) is 4.00. The summed E-state index contributed by atoms with van der Waals surface area (Å²) in [6, 6.07) is 0. The fraction of sp³-hybridized carbons (Fsp3) is 0. The minimum absolute atomic E-state index is 0. The largest absolute Gasteiger partial charge is 3.00 e. The van der Waals surface area contributed by atoms with Gasteiger partial charge in [0, 0.05) is 0 Å². The fourth-order valence-corrected chi connectivity index (χ4v) is 0. The molecular weight excluding hydrogens is 152 g/mol. The van der Waals surface area contributed by atoms with Gasteiger partial charge in [-0.3, -0.25) is 0 Å². The van der Waals surface area contributed by atoms with Crippen molar-refractivity contribution in [3.05, 3.63) is 0 Å². The predicted octanol–water partition coefficient (Wildman–Crippen LogP) is -0.161.